The summed E-state index contributed by atoms with van der Waals surface area (Å²) in [6, 6.07) is 3.09. The first-order valence-electron chi connectivity index (χ1n) is 9.03. The molecular weight excluding hydrogens is 325 g/mol. The van der Waals surface area contributed by atoms with E-state index in [0.717, 1.165) is 30.4 Å². The van der Waals surface area contributed by atoms with Gasteiger partial charge in [0.1, 0.15) is 17.6 Å². The van der Waals surface area contributed by atoms with Gasteiger partial charge in [0.2, 0.25) is 0 Å². The molecule has 0 radical (unpaired) electrons. The number of hydrogen-bond acceptors (Lipinski definition) is 5. The summed E-state index contributed by atoms with van der Waals surface area (Å²) in [6.07, 6.45) is 5.47. The van der Waals surface area contributed by atoms with Crippen molar-refractivity contribution >= 4 is 5.97 Å². The molecule has 3 atom stereocenters. The molecule has 2 fully saturated rings. The molecule has 5 nitrogen and oxygen atoms in total. The molecule has 0 amide bonds. The second-order valence-corrected chi connectivity index (χ2v) is 7.22. The molecule has 1 aromatic rings. The Bertz CT molecular complexity index is 665. The summed E-state index contributed by atoms with van der Waals surface area (Å²) in [5.41, 5.74) is 1.52. The van der Waals surface area contributed by atoms with Crippen LogP contribution in [0.3, 0.4) is 0 Å². The van der Waals surface area contributed by atoms with Crippen molar-refractivity contribution in [3.8, 4) is 5.75 Å². The monoisotopic (exact) mass is 349 g/mol. The molecule has 1 aromatic carbocycles. The molecule has 25 heavy (non-hydrogen) atoms. The zero-order valence-corrected chi connectivity index (χ0v) is 14.5. The summed E-state index contributed by atoms with van der Waals surface area (Å²) in [5, 5.41) is 0. The van der Waals surface area contributed by atoms with Crippen LogP contribution in [-0.2, 0) is 27.4 Å². The molecule has 4 rings (SSSR count). The standard InChI is InChI=1S/C19H24FNO4/c1-23-19(22)17-8-12-4-2-3-5-16(12)21(17)9-13-6-15(20)7-14-10-24-11-25-18(13)14/h6-7,12,16-17H,2-5,8-11H2,1H3/t12-,16+,17-/m0/s1. The Hall–Kier alpha value is -1.66. The SMILES string of the molecule is COC(=O)[C@@H]1C[C@@H]2CCCC[C@H]2N1Cc1cc(F)cc2c1OCOC2. The van der Waals surface area contributed by atoms with E-state index in [2.05, 4.69) is 4.90 Å². The van der Waals surface area contributed by atoms with Crippen LogP contribution in [-0.4, -0.2) is 36.9 Å². The number of carbonyl (C=O) groups is 1. The van der Waals surface area contributed by atoms with Crippen molar-refractivity contribution in [3.05, 3.63) is 29.1 Å². The van der Waals surface area contributed by atoms with E-state index in [0.29, 0.717) is 30.9 Å². The minimum Gasteiger partial charge on any atom is -0.468 e. The Balaban J connectivity index is 1.65. The van der Waals surface area contributed by atoms with E-state index in [9.17, 15) is 9.18 Å². The second-order valence-electron chi connectivity index (χ2n) is 7.22. The number of fused-ring (bicyclic) bond motifs is 2. The highest BCUT2D eigenvalue weighted by Gasteiger charge is 2.45. The number of benzene rings is 1. The smallest absolute Gasteiger partial charge is 0.323 e. The first-order chi connectivity index (χ1) is 12.2. The average molecular weight is 349 g/mol. The molecular formula is C19H24FNO4. The van der Waals surface area contributed by atoms with Crippen LogP contribution in [0.2, 0.25) is 0 Å². The molecule has 0 spiro atoms. The normalized spacial score (nSPS) is 28.8. The summed E-state index contributed by atoms with van der Waals surface area (Å²) >= 11 is 0. The molecule has 3 aliphatic rings. The van der Waals surface area contributed by atoms with Crippen LogP contribution in [0, 0.1) is 11.7 Å². The maximum atomic E-state index is 14.1. The van der Waals surface area contributed by atoms with E-state index in [1.54, 1.807) is 0 Å². The van der Waals surface area contributed by atoms with Crippen LogP contribution in [0.5, 0.6) is 5.75 Å². The number of rotatable bonds is 3. The summed E-state index contributed by atoms with van der Waals surface area (Å²) in [4.78, 5) is 14.5. The van der Waals surface area contributed by atoms with Crippen LogP contribution < -0.4 is 4.74 Å². The Labute approximate surface area is 147 Å². The fourth-order valence-electron chi connectivity index (χ4n) is 4.72. The lowest BCUT2D eigenvalue weighted by Gasteiger charge is -2.34. The molecule has 0 unspecified atom stereocenters. The van der Waals surface area contributed by atoms with Crippen LogP contribution >= 0.6 is 0 Å². The Morgan fingerprint density at radius 2 is 2.20 bits per heavy atom. The fourth-order valence-corrected chi connectivity index (χ4v) is 4.72. The van der Waals surface area contributed by atoms with Gasteiger partial charge in [0.15, 0.2) is 6.79 Å². The van der Waals surface area contributed by atoms with Crippen molar-refractivity contribution in [1.82, 2.24) is 4.90 Å². The molecule has 0 bridgehead atoms. The van der Waals surface area contributed by atoms with Crippen molar-refractivity contribution in [2.45, 2.75) is 57.3 Å². The number of esters is 1. The Morgan fingerprint density at radius 1 is 1.36 bits per heavy atom. The van der Waals surface area contributed by atoms with Gasteiger partial charge in [0.25, 0.3) is 0 Å². The highest BCUT2D eigenvalue weighted by molar-refractivity contribution is 5.76. The van der Waals surface area contributed by atoms with Crippen molar-refractivity contribution in [1.29, 1.82) is 0 Å². The van der Waals surface area contributed by atoms with E-state index >= 15 is 0 Å². The molecule has 2 heterocycles. The number of carbonyl (C=O) groups excluding carboxylic acids is 1. The van der Waals surface area contributed by atoms with E-state index in [-0.39, 0.29) is 24.6 Å². The molecule has 1 aliphatic carbocycles. The maximum Gasteiger partial charge on any atom is 0.323 e. The molecule has 136 valence electrons. The zero-order valence-electron chi connectivity index (χ0n) is 14.5. The van der Waals surface area contributed by atoms with Crippen LogP contribution in [0.4, 0.5) is 4.39 Å². The van der Waals surface area contributed by atoms with E-state index in [4.69, 9.17) is 14.2 Å². The zero-order chi connectivity index (χ0) is 17.4. The first-order valence-corrected chi connectivity index (χ1v) is 9.03. The highest BCUT2D eigenvalue weighted by Crippen LogP contribution is 2.42. The van der Waals surface area contributed by atoms with Crippen molar-refractivity contribution in [2.75, 3.05) is 13.9 Å². The predicted molar refractivity (Wildman–Crippen MR) is 88.4 cm³/mol. The fraction of sp³-hybridized carbons (Fsp3) is 0.632. The van der Waals surface area contributed by atoms with Crippen LogP contribution in [0.1, 0.15) is 43.2 Å². The largest absolute Gasteiger partial charge is 0.468 e. The number of ether oxygens (including phenoxy) is 3. The molecule has 1 saturated heterocycles. The lowest BCUT2D eigenvalue weighted by atomic mass is 9.84. The summed E-state index contributed by atoms with van der Waals surface area (Å²) < 4.78 is 30.0. The summed E-state index contributed by atoms with van der Waals surface area (Å²) in [5.74, 6) is 0.739. The number of hydrogen-bond donors (Lipinski definition) is 0. The van der Waals surface area contributed by atoms with Gasteiger partial charge < -0.3 is 14.2 Å². The average Bonchev–Trinajstić information content (AvgIpc) is 2.99. The van der Waals surface area contributed by atoms with Gasteiger partial charge in [0.05, 0.1) is 13.7 Å². The van der Waals surface area contributed by atoms with Gasteiger partial charge in [-0.3, -0.25) is 9.69 Å². The lowest BCUT2D eigenvalue weighted by molar-refractivity contribution is -0.146. The number of halogens is 1. The summed E-state index contributed by atoms with van der Waals surface area (Å²) in [6.45, 7) is 1.03. The molecule has 0 N–H and O–H groups in total. The molecule has 2 aliphatic heterocycles. The lowest BCUT2D eigenvalue weighted by Crippen LogP contribution is -2.42. The van der Waals surface area contributed by atoms with Gasteiger partial charge in [-0.05, 0) is 37.3 Å². The van der Waals surface area contributed by atoms with Gasteiger partial charge in [-0.1, -0.05) is 12.8 Å². The predicted octanol–water partition coefficient (Wildman–Crippen LogP) is 3.00. The Morgan fingerprint density at radius 3 is 3.04 bits per heavy atom. The summed E-state index contributed by atoms with van der Waals surface area (Å²) in [7, 11) is 1.44. The van der Waals surface area contributed by atoms with Gasteiger partial charge >= 0.3 is 5.97 Å². The third-order valence-electron chi connectivity index (χ3n) is 5.80. The Kier molecular flexibility index (Phi) is 4.65. The molecule has 1 saturated carbocycles. The van der Waals surface area contributed by atoms with Crippen molar-refractivity contribution in [2.24, 2.45) is 5.92 Å². The van der Waals surface area contributed by atoms with E-state index in [1.807, 2.05) is 0 Å². The topological polar surface area (TPSA) is 48.0 Å². The van der Waals surface area contributed by atoms with Gasteiger partial charge in [-0.15, -0.1) is 0 Å². The van der Waals surface area contributed by atoms with Gasteiger partial charge in [-0.25, -0.2) is 4.39 Å². The van der Waals surface area contributed by atoms with Gasteiger partial charge in [0, 0.05) is 23.7 Å². The molecule has 0 aromatic heterocycles. The molecule has 6 heteroatoms. The van der Waals surface area contributed by atoms with Crippen molar-refractivity contribution in [3.63, 3.8) is 0 Å². The minimum atomic E-state index is -0.295. The number of methoxy groups -OCH3 is 1. The van der Waals surface area contributed by atoms with Crippen LogP contribution in [0.15, 0.2) is 12.1 Å². The van der Waals surface area contributed by atoms with E-state index < -0.39 is 0 Å². The highest BCUT2D eigenvalue weighted by atomic mass is 19.1. The van der Waals surface area contributed by atoms with E-state index in [1.165, 1.54) is 32.1 Å². The third-order valence-corrected chi connectivity index (χ3v) is 5.80. The third kappa shape index (κ3) is 3.13. The second kappa shape index (κ2) is 6.92. The van der Waals surface area contributed by atoms with Gasteiger partial charge in [-0.2, -0.15) is 0 Å². The van der Waals surface area contributed by atoms with Crippen LogP contribution in [0.25, 0.3) is 0 Å². The number of likely N-dealkylation sites (tertiary alicyclic amines) is 1. The van der Waals surface area contributed by atoms with Crippen molar-refractivity contribution < 1.29 is 23.4 Å². The first kappa shape index (κ1) is 16.8. The maximum absolute atomic E-state index is 14.1. The quantitative estimate of drug-likeness (QED) is 0.785. The minimum absolute atomic E-state index is 0.179. The number of nitrogens with zero attached hydrogens (tertiary/aromatic N) is 1.